The molecule has 0 atom stereocenters. The number of nitrogens with zero attached hydrogens (tertiary/aromatic N) is 1. The number of allylic oxidation sites excluding steroid dienone is 1. The molecule has 1 heterocycles. The van der Waals surface area contributed by atoms with E-state index in [0.29, 0.717) is 0 Å². The highest BCUT2D eigenvalue weighted by Gasteiger charge is 2.40. The fourth-order valence-electron chi connectivity index (χ4n) is 3.90. The zero-order valence-corrected chi connectivity index (χ0v) is 13.8. The van der Waals surface area contributed by atoms with Crippen LogP contribution in [0.3, 0.4) is 0 Å². The lowest BCUT2D eigenvalue weighted by atomic mass is 9.75. The Morgan fingerprint density at radius 3 is 2.74 bits per heavy atom. The van der Waals surface area contributed by atoms with Crippen molar-refractivity contribution in [3.8, 4) is 0 Å². The average Bonchev–Trinajstić information content (AvgIpc) is 2.87. The minimum absolute atomic E-state index is 0.0779. The molecule has 0 aromatic heterocycles. The van der Waals surface area contributed by atoms with Crippen LogP contribution in [0, 0.1) is 0 Å². The van der Waals surface area contributed by atoms with Gasteiger partial charge in [-0.1, -0.05) is 37.6 Å². The van der Waals surface area contributed by atoms with E-state index in [9.17, 15) is 9.90 Å². The summed E-state index contributed by atoms with van der Waals surface area (Å²) in [5.41, 5.74) is 3.81. The summed E-state index contributed by atoms with van der Waals surface area (Å²) < 4.78 is 0. The van der Waals surface area contributed by atoms with Crippen molar-refractivity contribution in [1.29, 1.82) is 0 Å². The molecule has 0 unspecified atom stereocenters. The van der Waals surface area contributed by atoms with Gasteiger partial charge in [0.2, 0.25) is 0 Å². The van der Waals surface area contributed by atoms with E-state index in [1.807, 2.05) is 0 Å². The van der Waals surface area contributed by atoms with Crippen molar-refractivity contribution in [3.05, 3.63) is 41.5 Å². The number of benzene rings is 1. The number of aliphatic carboxylic acids is 1. The molecule has 4 heteroatoms. The molecule has 0 saturated carbocycles. The van der Waals surface area contributed by atoms with Crippen molar-refractivity contribution in [2.75, 3.05) is 26.2 Å². The van der Waals surface area contributed by atoms with Gasteiger partial charge in [-0.25, -0.2) is 0 Å². The summed E-state index contributed by atoms with van der Waals surface area (Å²) in [4.78, 5) is 13.4. The molecule has 3 rings (SSSR count). The lowest BCUT2D eigenvalue weighted by Gasteiger charge is -2.33. The Morgan fingerprint density at radius 1 is 1.30 bits per heavy atom. The number of hydrogen-bond acceptors (Lipinski definition) is 3. The number of rotatable bonds is 6. The van der Waals surface area contributed by atoms with E-state index in [1.165, 1.54) is 11.1 Å². The van der Waals surface area contributed by atoms with Gasteiger partial charge in [-0.3, -0.25) is 4.79 Å². The van der Waals surface area contributed by atoms with Crippen LogP contribution in [-0.4, -0.2) is 42.2 Å². The first-order valence-electron chi connectivity index (χ1n) is 8.66. The number of hydrogen-bond donors (Lipinski definition) is 2. The summed E-state index contributed by atoms with van der Waals surface area (Å²) in [5.74, 6) is -0.759. The molecule has 1 saturated heterocycles. The molecule has 4 nitrogen and oxygen atoms in total. The smallest absolute Gasteiger partial charge is 0.323 e. The molecular formula is C19H26N2O2. The van der Waals surface area contributed by atoms with Crippen LogP contribution >= 0.6 is 0 Å². The molecular weight excluding hydrogens is 288 g/mol. The number of piperidine rings is 1. The number of nitrogens with one attached hydrogen (secondary N) is 1. The first kappa shape index (κ1) is 16.1. The number of carbonyl (C=O) groups is 1. The highest BCUT2D eigenvalue weighted by Crippen LogP contribution is 2.46. The van der Waals surface area contributed by atoms with Crippen molar-refractivity contribution in [3.63, 3.8) is 0 Å². The molecule has 1 aliphatic heterocycles. The van der Waals surface area contributed by atoms with Gasteiger partial charge in [-0.15, -0.1) is 0 Å². The van der Waals surface area contributed by atoms with Gasteiger partial charge in [-0.05, 0) is 44.0 Å². The van der Waals surface area contributed by atoms with Crippen molar-refractivity contribution in [2.45, 2.75) is 38.0 Å². The van der Waals surface area contributed by atoms with Crippen molar-refractivity contribution in [2.24, 2.45) is 0 Å². The molecule has 124 valence electrons. The molecule has 0 amide bonds. The van der Waals surface area contributed by atoms with Crippen LogP contribution in [0.4, 0.5) is 0 Å². The Balaban J connectivity index is 1.98. The monoisotopic (exact) mass is 314 g/mol. The number of carboxylic acids is 1. The Morgan fingerprint density at radius 2 is 2.04 bits per heavy atom. The first-order chi connectivity index (χ1) is 11.2. The standard InChI is InChI=1S/C19H26N2O2/c1-2-3-12-21(14-18(22)23)17-13-19(8-10-20-11-9-19)16-7-5-4-6-15(16)17/h4-7,13,20H,2-3,8-12,14H2,1H3,(H,22,23). The Bertz CT molecular complexity index is 603. The highest BCUT2D eigenvalue weighted by atomic mass is 16.4. The molecule has 1 aliphatic carbocycles. The quantitative estimate of drug-likeness (QED) is 0.848. The van der Waals surface area contributed by atoms with E-state index < -0.39 is 5.97 Å². The lowest BCUT2D eigenvalue weighted by Crippen LogP contribution is -2.37. The van der Waals surface area contributed by atoms with Gasteiger partial charge >= 0.3 is 5.97 Å². The summed E-state index contributed by atoms with van der Waals surface area (Å²) in [5, 5.41) is 12.8. The van der Waals surface area contributed by atoms with Crippen molar-refractivity contribution in [1.82, 2.24) is 10.2 Å². The first-order valence-corrected chi connectivity index (χ1v) is 8.66. The van der Waals surface area contributed by atoms with E-state index in [2.05, 4.69) is 47.5 Å². The minimum Gasteiger partial charge on any atom is -0.480 e. The van der Waals surface area contributed by atoms with E-state index in [0.717, 1.165) is 51.0 Å². The second-order valence-corrected chi connectivity index (χ2v) is 6.65. The van der Waals surface area contributed by atoms with E-state index in [-0.39, 0.29) is 12.0 Å². The summed E-state index contributed by atoms with van der Waals surface area (Å²) in [6, 6.07) is 8.54. The van der Waals surface area contributed by atoms with Crippen LogP contribution in [0.15, 0.2) is 30.3 Å². The third kappa shape index (κ3) is 3.13. The Kier molecular flexibility index (Phi) is 4.71. The maximum absolute atomic E-state index is 11.3. The Hall–Kier alpha value is -1.81. The molecule has 1 spiro atoms. The summed E-state index contributed by atoms with van der Waals surface area (Å²) in [6.07, 6.45) is 6.61. The van der Waals surface area contributed by atoms with Crippen molar-refractivity contribution >= 4 is 11.7 Å². The van der Waals surface area contributed by atoms with Crippen molar-refractivity contribution < 1.29 is 9.90 Å². The largest absolute Gasteiger partial charge is 0.480 e. The third-order valence-corrected chi connectivity index (χ3v) is 5.10. The predicted octanol–water partition coefficient (Wildman–Crippen LogP) is 2.85. The van der Waals surface area contributed by atoms with Crippen LogP contribution in [0.2, 0.25) is 0 Å². The van der Waals surface area contributed by atoms with Gasteiger partial charge in [0.05, 0.1) is 0 Å². The topological polar surface area (TPSA) is 52.6 Å². The number of unbranched alkanes of at least 4 members (excludes halogenated alkanes) is 1. The summed E-state index contributed by atoms with van der Waals surface area (Å²) in [7, 11) is 0. The maximum Gasteiger partial charge on any atom is 0.323 e. The lowest BCUT2D eigenvalue weighted by molar-refractivity contribution is -0.137. The molecule has 1 aromatic carbocycles. The molecule has 2 N–H and O–H groups in total. The van der Waals surface area contributed by atoms with Crippen LogP contribution in [0.25, 0.3) is 5.70 Å². The van der Waals surface area contributed by atoms with Crippen LogP contribution in [0.1, 0.15) is 43.7 Å². The molecule has 2 aliphatic rings. The van der Waals surface area contributed by atoms with Crippen LogP contribution < -0.4 is 5.32 Å². The fourth-order valence-corrected chi connectivity index (χ4v) is 3.90. The number of carboxylic acid groups (broad SMARTS) is 1. The highest BCUT2D eigenvalue weighted by molar-refractivity contribution is 5.79. The van der Waals surface area contributed by atoms with E-state index >= 15 is 0 Å². The van der Waals surface area contributed by atoms with Gasteiger partial charge < -0.3 is 15.3 Å². The average molecular weight is 314 g/mol. The second kappa shape index (κ2) is 6.75. The minimum atomic E-state index is -0.759. The zero-order valence-electron chi connectivity index (χ0n) is 13.8. The zero-order chi connectivity index (χ0) is 16.3. The van der Waals surface area contributed by atoms with Gasteiger partial charge in [0, 0.05) is 23.2 Å². The van der Waals surface area contributed by atoms with Crippen LogP contribution in [-0.2, 0) is 10.2 Å². The van der Waals surface area contributed by atoms with E-state index in [1.54, 1.807) is 0 Å². The molecule has 1 fully saturated rings. The predicted molar refractivity (Wildman–Crippen MR) is 92.3 cm³/mol. The van der Waals surface area contributed by atoms with E-state index in [4.69, 9.17) is 0 Å². The molecule has 1 aromatic rings. The third-order valence-electron chi connectivity index (χ3n) is 5.10. The van der Waals surface area contributed by atoms with Gasteiger partial charge in [0.25, 0.3) is 0 Å². The van der Waals surface area contributed by atoms with Crippen LogP contribution in [0.5, 0.6) is 0 Å². The fraction of sp³-hybridized carbons (Fsp3) is 0.526. The summed E-state index contributed by atoms with van der Waals surface area (Å²) in [6.45, 7) is 5.06. The second-order valence-electron chi connectivity index (χ2n) is 6.65. The molecule has 23 heavy (non-hydrogen) atoms. The van der Waals surface area contributed by atoms with Gasteiger partial charge in [-0.2, -0.15) is 0 Å². The normalized spacial score (nSPS) is 18.6. The van der Waals surface area contributed by atoms with Gasteiger partial charge in [0.15, 0.2) is 0 Å². The molecule has 0 bridgehead atoms. The Labute approximate surface area is 138 Å². The SMILES string of the molecule is CCCCN(CC(=O)O)C1=CC2(CCNCC2)c2ccccc21. The number of fused-ring (bicyclic) bond motifs is 2. The maximum atomic E-state index is 11.3. The van der Waals surface area contributed by atoms with Gasteiger partial charge in [0.1, 0.15) is 6.54 Å². The summed E-state index contributed by atoms with van der Waals surface area (Å²) >= 11 is 0. The molecule has 0 radical (unpaired) electrons.